The lowest BCUT2D eigenvalue weighted by Crippen LogP contribution is -2.38. The van der Waals surface area contributed by atoms with Crippen LogP contribution in [0.25, 0.3) is 0 Å². The zero-order chi connectivity index (χ0) is 13.6. The quantitative estimate of drug-likeness (QED) is 0.810. The van der Waals surface area contributed by atoms with E-state index < -0.39 is 5.54 Å². The number of amides is 2. The highest BCUT2D eigenvalue weighted by molar-refractivity contribution is 6.02. The van der Waals surface area contributed by atoms with E-state index in [0.29, 0.717) is 30.0 Å². The molecule has 1 fully saturated rings. The van der Waals surface area contributed by atoms with Crippen molar-refractivity contribution in [2.24, 2.45) is 5.73 Å². The first-order valence-corrected chi connectivity index (χ1v) is 6.13. The Morgan fingerprint density at radius 2 is 2.21 bits per heavy atom. The van der Waals surface area contributed by atoms with Gasteiger partial charge < -0.3 is 20.7 Å². The van der Waals surface area contributed by atoms with Crippen molar-refractivity contribution in [3.8, 4) is 5.75 Å². The molecule has 1 saturated carbocycles. The molecule has 3 rings (SSSR count). The number of benzene rings is 1. The van der Waals surface area contributed by atoms with Crippen LogP contribution >= 0.6 is 0 Å². The topological polar surface area (TPSA) is 84.7 Å². The van der Waals surface area contributed by atoms with Gasteiger partial charge in [-0.15, -0.1) is 0 Å². The fraction of sp³-hybridized carbons (Fsp3) is 0.385. The van der Waals surface area contributed by atoms with Crippen molar-refractivity contribution >= 4 is 23.2 Å². The minimum atomic E-state index is -0.714. The van der Waals surface area contributed by atoms with Gasteiger partial charge >= 0.3 is 0 Å². The summed E-state index contributed by atoms with van der Waals surface area (Å²) in [5.74, 6) is 0.334. The number of hydrogen-bond donors (Lipinski definition) is 2. The fourth-order valence-corrected chi connectivity index (χ4v) is 1.97. The highest BCUT2D eigenvalue weighted by Crippen LogP contribution is 2.36. The molecule has 1 heterocycles. The molecule has 6 heteroatoms. The van der Waals surface area contributed by atoms with E-state index in [1.807, 2.05) is 0 Å². The number of ether oxygens (including phenoxy) is 1. The van der Waals surface area contributed by atoms with E-state index in [2.05, 4.69) is 5.32 Å². The van der Waals surface area contributed by atoms with E-state index in [1.165, 1.54) is 4.90 Å². The summed E-state index contributed by atoms with van der Waals surface area (Å²) in [5, 5.41) is 2.77. The molecule has 1 aliphatic carbocycles. The van der Waals surface area contributed by atoms with Crippen LogP contribution in [0.5, 0.6) is 5.75 Å². The van der Waals surface area contributed by atoms with Gasteiger partial charge in [-0.2, -0.15) is 0 Å². The fourth-order valence-electron chi connectivity index (χ4n) is 1.97. The van der Waals surface area contributed by atoms with Gasteiger partial charge in [0.1, 0.15) is 5.75 Å². The van der Waals surface area contributed by atoms with Crippen molar-refractivity contribution in [1.29, 1.82) is 0 Å². The molecule has 19 heavy (non-hydrogen) atoms. The summed E-state index contributed by atoms with van der Waals surface area (Å²) in [5.41, 5.74) is 6.37. The van der Waals surface area contributed by atoms with Gasteiger partial charge in [0.2, 0.25) is 5.91 Å². The maximum Gasteiger partial charge on any atom is 0.264 e. The minimum Gasteiger partial charge on any atom is -0.482 e. The molecule has 1 aliphatic heterocycles. The first-order chi connectivity index (χ1) is 8.99. The zero-order valence-electron chi connectivity index (χ0n) is 10.6. The summed E-state index contributed by atoms with van der Waals surface area (Å²) in [6.07, 6.45) is 1.43. The van der Waals surface area contributed by atoms with Gasteiger partial charge in [0.05, 0.1) is 11.2 Å². The molecule has 0 radical (unpaired) electrons. The Kier molecular flexibility index (Phi) is 2.50. The molecular formula is C13H15N3O3. The predicted octanol–water partition coefficient (Wildman–Crippen LogP) is 0.472. The molecule has 0 aromatic heterocycles. The first-order valence-electron chi connectivity index (χ1n) is 6.13. The van der Waals surface area contributed by atoms with Gasteiger partial charge in [0.15, 0.2) is 6.61 Å². The van der Waals surface area contributed by atoms with Crippen LogP contribution in [-0.4, -0.2) is 31.0 Å². The smallest absolute Gasteiger partial charge is 0.264 e. The number of rotatable bonds is 2. The van der Waals surface area contributed by atoms with Crippen LogP contribution in [0.2, 0.25) is 0 Å². The van der Waals surface area contributed by atoms with Gasteiger partial charge in [0.25, 0.3) is 5.91 Å². The van der Waals surface area contributed by atoms with Crippen molar-refractivity contribution in [3.63, 3.8) is 0 Å². The average molecular weight is 261 g/mol. The Balaban J connectivity index is 1.84. The van der Waals surface area contributed by atoms with E-state index >= 15 is 0 Å². The van der Waals surface area contributed by atoms with Crippen molar-refractivity contribution in [2.45, 2.75) is 18.4 Å². The lowest BCUT2D eigenvalue weighted by atomic mass is 10.2. The summed E-state index contributed by atoms with van der Waals surface area (Å²) >= 11 is 0. The lowest BCUT2D eigenvalue weighted by molar-refractivity contribution is -0.121. The minimum absolute atomic E-state index is 0.0428. The summed E-state index contributed by atoms with van der Waals surface area (Å²) in [6, 6.07) is 5.20. The monoisotopic (exact) mass is 261 g/mol. The van der Waals surface area contributed by atoms with Crippen molar-refractivity contribution in [1.82, 2.24) is 0 Å². The molecule has 0 spiro atoms. The van der Waals surface area contributed by atoms with Crippen LogP contribution in [-0.2, 0) is 9.59 Å². The van der Waals surface area contributed by atoms with Crippen molar-refractivity contribution < 1.29 is 14.3 Å². The van der Waals surface area contributed by atoms with Crippen LogP contribution in [0.1, 0.15) is 12.8 Å². The van der Waals surface area contributed by atoms with Gasteiger partial charge in [-0.3, -0.25) is 9.59 Å². The van der Waals surface area contributed by atoms with Crippen molar-refractivity contribution in [3.05, 3.63) is 18.2 Å². The second kappa shape index (κ2) is 3.96. The summed E-state index contributed by atoms with van der Waals surface area (Å²) in [7, 11) is 1.68. The average Bonchev–Trinajstić information content (AvgIpc) is 3.14. The standard InChI is InChI=1S/C13H15N3O3/c1-16-9-6-8(15-12(18)13(14)4-5-13)2-3-10(9)19-7-11(16)17/h2-3,6H,4-5,7,14H2,1H3,(H,15,18). The third-order valence-corrected chi connectivity index (χ3v) is 3.54. The van der Waals surface area contributed by atoms with Gasteiger partial charge in [-0.25, -0.2) is 0 Å². The second-order valence-electron chi connectivity index (χ2n) is 5.03. The lowest BCUT2D eigenvalue weighted by Gasteiger charge is -2.26. The molecule has 100 valence electrons. The Hall–Kier alpha value is -2.08. The van der Waals surface area contributed by atoms with Gasteiger partial charge in [-0.05, 0) is 31.0 Å². The number of hydrogen-bond acceptors (Lipinski definition) is 4. The van der Waals surface area contributed by atoms with Crippen LogP contribution < -0.4 is 20.7 Å². The van der Waals surface area contributed by atoms with E-state index in [1.54, 1.807) is 25.2 Å². The van der Waals surface area contributed by atoms with E-state index in [9.17, 15) is 9.59 Å². The zero-order valence-corrected chi connectivity index (χ0v) is 10.6. The maximum atomic E-state index is 11.9. The highest BCUT2D eigenvalue weighted by atomic mass is 16.5. The molecule has 0 bridgehead atoms. The van der Waals surface area contributed by atoms with Crippen LogP contribution in [0, 0.1) is 0 Å². The number of nitrogens with zero attached hydrogens (tertiary/aromatic N) is 1. The number of nitrogens with two attached hydrogens (primary N) is 1. The molecule has 3 N–H and O–H groups in total. The molecule has 6 nitrogen and oxygen atoms in total. The van der Waals surface area contributed by atoms with Crippen LogP contribution in [0.15, 0.2) is 18.2 Å². The van der Waals surface area contributed by atoms with Gasteiger partial charge in [0, 0.05) is 12.7 Å². The second-order valence-corrected chi connectivity index (χ2v) is 5.03. The highest BCUT2D eigenvalue weighted by Gasteiger charge is 2.46. The summed E-state index contributed by atoms with van der Waals surface area (Å²) in [4.78, 5) is 24.9. The van der Waals surface area contributed by atoms with E-state index in [0.717, 1.165) is 0 Å². The molecule has 2 amide bonds. The molecule has 0 saturated heterocycles. The van der Waals surface area contributed by atoms with Crippen LogP contribution in [0.3, 0.4) is 0 Å². The third-order valence-electron chi connectivity index (χ3n) is 3.54. The Bertz CT molecular complexity index is 566. The molecule has 1 aromatic carbocycles. The normalized spacial score (nSPS) is 19.5. The van der Waals surface area contributed by atoms with E-state index in [-0.39, 0.29) is 18.4 Å². The Labute approximate surface area is 110 Å². The molecule has 2 aliphatic rings. The largest absolute Gasteiger partial charge is 0.482 e. The Morgan fingerprint density at radius 1 is 1.47 bits per heavy atom. The summed E-state index contributed by atoms with van der Waals surface area (Å²) < 4.78 is 5.32. The number of likely N-dealkylation sites (N-methyl/N-ethyl adjacent to an activating group) is 1. The molecule has 1 aromatic rings. The molecule has 0 unspecified atom stereocenters. The summed E-state index contributed by atoms with van der Waals surface area (Å²) in [6.45, 7) is 0.0428. The third kappa shape index (κ3) is 2.04. The number of carbonyl (C=O) groups excluding carboxylic acids is 2. The maximum absolute atomic E-state index is 11.9. The van der Waals surface area contributed by atoms with Gasteiger partial charge in [-0.1, -0.05) is 0 Å². The molecule has 0 atom stereocenters. The number of nitrogens with one attached hydrogen (secondary N) is 1. The Morgan fingerprint density at radius 3 is 2.89 bits per heavy atom. The molecular weight excluding hydrogens is 246 g/mol. The SMILES string of the molecule is CN1C(=O)COc2ccc(NC(=O)C3(N)CC3)cc21. The van der Waals surface area contributed by atoms with E-state index in [4.69, 9.17) is 10.5 Å². The number of anilines is 2. The first kappa shape index (κ1) is 12.0. The number of fused-ring (bicyclic) bond motifs is 1. The van der Waals surface area contributed by atoms with Crippen LogP contribution in [0.4, 0.5) is 11.4 Å². The van der Waals surface area contributed by atoms with Crippen molar-refractivity contribution in [2.75, 3.05) is 23.9 Å². The predicted molar refractivity (Wildman–Crippen MR) is 70.1 cm³/mol. The number of carbonyl (C=O) groups is 2.